The first-order chi connectivity index (χ1) is 7.63. The van der Waals surface area contributed by atoms with Crippen molar-refractivity contribution < 1.29 is 14.6 Å². The molecule has 0 spiro atoms. The van der Waals surface area contributed by atoms with E-state index in [1.54, 1.807) is 25.1 Å². The molecule has 1 heterocycles. The Morgan fingerprint density at radius 2 is 2.31 bits per heavy atom. The summed E-state index contributed by atoms with van der Waals surface area (Å²) < 4.78 is 5.45. The Bertz CT molecular complexity index is 547. The summed E-state index contributed by atoms with van der Waals surface area (Å²) in [5.41, 5.74) is 1.15. The number of fused-ring (bicyclic) bond motifs is 1. The molecular formula is C11H10BrNO3. The second-order valence-electron chi connectivity index (χ2n) is 3.26. The first-order valence-electron chi connectivity index (χ1n) is 4.80. The van der Waals surface area contributed by atoms with E-state index >= 15 is 0 Å². The Labute approximate surface area is 100 Å². The highest BCUT2D eigenvalue weighted by Crippen LogP contribution is 2.32. The number of phenols is 1. The minimum Gasteiger partial charge on any atom is -0.507 e. The summed E-state index contributed by atoms with van der Waals surface area (Å²) in [4.78, 5) is 14.4. The number of benzene rings is 1. The minimum absolute atomic E-state index is 0.141. The second-order valence-corrected chi connectivity index (χ2v) is 4.06. The Balaban J connectivity index is 2.52. The SMILES string of the molecule is CCOC(=O)c1cc2c(Br)c(O)ccc2[nH]1. The molecule has 16 heavy (non-hydrogen) atoms. The number of hydrogen-bond acceptors (Lipinski definition) is 3. The van der Waals surface area contributed by atoms with Gasteiger partial charge in [-0.2, -0.15) is 0 Å². The minimum atomic E-state index is -0.398. The lowest BCUT2D eigenvalue weighted by atomic mass is 10.2. The molecule has 0 saturated carbocycles. The maximum atomic E-state index is 11.5. The highest BCUT2D eigenvalue weighted by molar-refractivity contribution is 9.10. The second kappa shape index (κ2) is 4.17. The molecular weight excluding hydrogens is 274 g/mol. The Morgan fingerprint density at radius 1 is 1.56 bits per heavy atom. The van der Waals surface area contributed by atoms with Crippen molar-refractivity contribution in [3.8, 4) is 5.75 Å². The highest BCUT2D eigenvalue weighted by Gasteiger charge is 2.13. The number of aromatic nitrogens is 1. The van der Waals surface area contributed by atoms with E-state index in [1.165, 1.54) is 0 Å². The van der Waals surface area contributed by atoms with Crippen molar-refractivity contribution in [3.63, 3.8) is 0 Å². The van der Waals surface area contributed by atoms with Crippen molar-refractivity contribution in [2.45, 2.75) is 6.92 Å². The molecule has 0 radical (unpaired) electrons. The molecule has 1 aromatic carbocycles. The molecule has 4 nitrogen and oxygen atoms in total. The average molecular weight is 284 g/mol. The van der Waals surface area contributed by atoms with Crippen LogP contribution < -0.4 is 0 Å². The van der Waals surface area contributed by atoms with Gasteiger partial charge in [0.1, 0.15) is 11.4 Å². The van der Waals surface area contributed by atoms with E-state index in [2.05, 4.69) is 20.9 Å². The number of H-pyrrole nitrogens is 1. The predicted octanol–water partition coefficient (Wildman–Crippen LogP) is 2.81. The van der Waals surface area contributed by atoms with Gasteiger partial charge in [-0.1, -0.05) is 0 Å². The van der Waals surface area contributed by atoms with Crippen LogP contribution in [0.2, 0.25) is 0 Å². The number of carbonyl (C=O) groups excluding carboxylic acids is 1. The smallest absolute Gasteiger partial charge is 0.354 e. The predicted molar refractivity (Wildman–Crippen MR) is 63.6 cm³/mol. The Hall–Kier alpha value is -1.49. The maximum Gasteiger partial charge on any atom is 0.354 e. The molecule has 0 aliphatic rings. The van der Waals surface area contributed by atoms with Crippen LogP contribution in [0, 0.1) is 0 Å². The first kappa shape index (κ1) is 11.0. The van der Waals surface area contributed by atoms with Crippen LogP contribution in [0.4, 0.5) is 0 Å². The van der Waals surface area contributed by atoms with E-state index in [0.717, 1.165) is 10.9 Å². The molecule has 2 aromatic rings. The zero-order valence-corrected chi connectivity index (χ0v) is 10.2. The molecule has 2 N–H and O–H groups in total. The lowest BCUT2D eigenvalue weighted by Gasteiger charge is -1.96. The fraction of sp³-hybridized carbons (Fsp3) is 0.182. The van der Waals surface area contributed by atoms with Gasteiger partial charge in [0, 0.05) is 10.9 Å². The monoisotopic (exact) mass is 283 g/mol. The zero-order chi connectivity index (χ0) is 11.7. The molecule has 0 fully saturated rings. The number of carbonyl (C=O) groups is 1. The van der Waals surface area contributed by atoms with E-state index < -0.39 is 5.97 Å². The lowest BCUT2D eigenvalue weighted by Crippen LogP contribution is -2.04. The van der Waals surface area contributed by atoms with Gasteiger partial charge in [-0.15, -0.1) is 0 Å². The summed E-state index contributed by atoms with van der Waals surface area (Å²) >= 11 is 3.26. The molecule has 0 unspecified atom stereocenters. The summed E-state index contributed by atoms with van der Waals surface area (Å²) in [7, 11) is 0. The number of esters is 1. The van der Waals surface area contributed by atoms with Gasteiger partial charge in [-0.05, 0) is 41.1 Å². The number of hydrogen-bond donors (Lipinski definition) is 2. The van der Waals surface area contributed by atoms with E-state index in [1.807, 2.05) is 0 Å². The van der Waals surface area contributed by atoms with Crippen molar-refractivity contribution in [1.29, 1.82) is 0 Å². The number of aromatic hydroxyl groups is 1. The van der Waals surface area contributed by atoms with Gasteiger partial charge >= 0.3 is 5.97 Å². The van der Waals surface area contributed by atoms with E-state index in [4.69, 9.17) is 4.74 Å². The number of phenolic OH excluding ortho intramolecular Hbond substituents is 1. The van der Waals surface area contributed by atoms with Gasteiger partial charge in [0.05, 0.1) is 11.1 Å². The fourth-order valence-electron chi connectivity index (χ4n) is 1.48. The van der Waals surface area contributed by atoms with Gasteiger partial charge in [-0.25, -0.2) is 4.79 Å². The van der Waals surface area contributed by atoms with Crippen LogP contribution in [0.5, 0.6) is 5.75 Å². The van der Waals surface area contributed by atoms with Crippen LogP contribution >= 0.6 is 15.9 Å². The van der Waals surface area contributed by atoms with E-state index in [-0.39, 0.29) is 5.75 Å². The van der Waals surface area contributed by atoms with Crippen molar-refractivity contribution in [1.82, 2.24) is 4.98 Å². The van der Waals surface area contributed by atoms with Crippen LogP contribution in [0.15, 0.2) is 22.7 Å². The molecule has 5 heteroatoms. The summed E-state index contributed by atoms with van der Waals surface area (Å²) in [6, 6.07) is 4.91. The lowest BCUT2D eigenvalue weighted by molar-refractivity contribution is 0.0520. The van der Waals surface area contributed by atoms with Gasteiger partial charge in [0.15, 0.2) is 0 Å². The molecule has 84 valence electrons. The van der Waals surface area contributed by atoms with Crippen molar-refractivity contribution in [2.24, 2.45) is 0 Å². The largest absolute Gasteiger partial charge is 0.507 e. The van der Waals surface area contributed by atoms with Crippen LogP contribution in [0.1, 0.15) is 17.4 Å². The van der Waals surface area contributed by atoms with Crippen molar-refractivity contribution in [3.05, 3.63) is 28.4 Å². The third-order valence-corrected chi connectivity index (χ3v) is 3.05. The molecule has 0 atom stereocenters. The highest BCUT2D eigenvalue weighted by atomic mass is 79.9. The topological polar surface area (TPSA) is 62.3 Å². The average Bonchev–Trinajstić information content (AvgIpc) is 2.69. The molecule has 0 bridgehead atoms. The summed E-state index contributed by atoms with van der Waals surface area (Å²) in [5.74, 6) is -0.257. The van der Waals surface area contributed by atoms with Crippen molar-refractivity contribution >= 4 is 32.8 Å². The third-order valence-electron chi connectivity index (χ3n) is 2.21. The summed E-state index contributed by atoms with van der Waals surface area (Å²) in [6.45, 7) is 2.09. The van der Waals surface area contributed by atoms with Gasteiger partial charge in [0.25, 0.3) is 0 Å². The Morgan fingerprint density at radius 3 is 3.00 bits per heavy atom. The fourth-order valence-corrected chi connectivity index (χ4v) is 1.94. The molecule has 0 aliphatic carbocycles. The summed E-state index contributed by atoms with van der Waals surface area (Å²) in [6.07, 6.45) is 0. The van der Waals surface area contributed by atoms with E-state index in [0.29, 0.717) is 16.8 Å². The van der Waals surface area contributed by atoms with E-state index in [9.17, 15) is 9.90 Å². The standard InChI is InChI=1S/C11H10BrNO3/c1-2-16-11(15)8-5-6-7(13-8)3-4-9(14)10(6)12/h3-5,13-14H,2H2,1H3. The number of rotatable bonds is 2. The zero-order valence-electron chi connectivity index (χ0n) is 8.58. The number of halogens is 1. The van der Waals surface area contributed by atoms with Gasteiger partial charge in [-0.3, -0.25) is 0 Å². The molecule has 2 rings (SSSR count). The van der Waals surface area contributed by atoms with Crippen molar-refractivity contribution in [2.75, 3.05) is 6.61 Å². The van der Waals surface area contributed by atoms with Gasteiger partial charge in [0.2, 0.25) is 0 Å². The molecule has 0 aliphatic heterocycles. The van der Waals surface area contributed by atoms with Gasteiger partial charge < -0.3 is 14.8 Å². The number of nitrogens with one attached hydrogen (secondary N) is 1. The maximum absolute atomic E-state index is 11.5. The molecule has 0 saturated heterocycles. The van der Waals surface area contributed by atoms with Crippen LogP contribution in [-0.2, 0) is 4.74 Å². The molecule has 1 aromatic heterocycles. The third kappa shape index (κ3) is 1.78. The summed E-state index contributed by atoms with van der Waals surface area (Å²) in [5, 5.41) is 10.2. The van der Waals surface area contributed by atoms with Crippen LogP contribution in [-0.4, -0.2) is 22.7 Å². The number of aromatic amines is 1. The van der Waals surface area contributed by atoms with Crippen LogP contribution in [0.3, 0.4) is 0 Å². The normalized spacial score (nSPS) is 10.6. The molecule has 0 amide bonds. The number of ether oxygens (including phenoxy) is 1. The first-order valence-corrected chi connectivity index (χ1v) is 5.60. The van der Waals surface area contributed by atoms with Crippen LogP contribution in [0.25, 0.3) is 10.9 Å². The Kier molecular flexibility index (Phi) is 2.87. The quantitative estimate of drug-likeness (QED) is 0.833.